The van der Waals surface area contributed by atoms with Crippen LogP contribution in [0.1, 0.15) is 23.7 Å². The molecule has 3 aromatic carbocycles. The number of amides is 1. The molecule has 0 aliphatic heterocycles. The Kier molecular flexibility index (Phi) is 3.38. The van der Waals surface area contributed by atoms with Gasteiger partial charge in [0, 0.05) is 12.1 Å². The molecule has 0 unspecified atom stereocenters. The maximum absolute atomic E-state index is 12.2. The van der Waals surface area contributed by atoms with Gasteiger partial charge >= 0.3 is 0 Å². The van der Waals surface area contributed by atoms with Crippen LogP contribution in [-0.2, 0) is 0 Å². The first-order chi connectivity index (χ1) is 9.79. The molecule has 0 saturated heterocycles. The Balaban J connectivity index is 2.17. The highest BCUT2D eigenvalue weighted by Gasteiger charge is 2.09. The molecule has 2 heteroatoms. The summed E-state index contributed by atoms with van der Waals surface area (Å²) in [7, 11) is 0. The summed E-state index contributed by atoms with van der Waals surface area (Å²) < 4.78 is 0. The van der Waals surface area contributed by atoms with Crippen LogP contribution in [0.5, 0.6) is 0 Å². The van der Waals surface area contributed by atoms with Crippen LogP contribution in [0.3, 0.4) is 0 Å². The minimum absolute atomic E-state index is 0.0484. The Labute approximate surface area is 118 Å². The predicted molar refractivity (Wildman–Crippen MR) is 83.5 cm³/mol. The average molecular weight is 262 g/mol. The third-order valence-electron chi connectivity index (χ3n) is 3.43. The molecule has 1 N–H and O–H groups in total. The van der Waals surface area contributed by atoms with Crippen molar-refractivity contribution >= 4 is 27.5 Å². The van der Waals surface area contributed by atoms with Gasteiger partial charge in [-0.1, -0.05) is 43.3 Å². The summed E-state index contributed by atoms with van der Waals surface area (Å²) in [5, 5.41) is 7.25. The molecule has 20 heavy (non-hydrogen) atoms. The first kappa shape index (κ1) is 12.7. The van der Waals surface area contributed by atoms with Crippen molar-refractivity contribution in [1.82, 2.24) is 5.32 Å². The van der Waals surface area contributed by atoms with Gasteiger partial charge in [-0.05, 0) is 46.2 Å². The number of benzene rings is 3. The summed E-state index contributed by atoms with van der Waals surface area (Å²) in [5.41, 5.74) is 0.720. The molecule has 0 spiro atoms. The fourth-order valence-electron chi connectivity index (χ4n) is 2.44. The molecule has 0 heterocycles. The van der Waals surface area contributed by atoms with Gasteiger partial charge < -0.3 is 5.32 Å². The average Bonchev–Trinajstić information content (AvgIpc) is 2.50. The van der Waals surface area contributed by atoms with Gasteiger partial charge in [-0.3, -0.25) is 4.79 Å². The van der Waals surface area contributed by atoms with E-state index in [2.05, 4.69) is 29.6 Å². The van der Waals surface area contributed by atoms with Crippen molar-refractivity contribution in [2.75, 3.05) is 0 Å². The summed E-state index contributed by atoms with van der Waals surface area (Å²) >= 11 is 0. The zero-order valence-corrected chi connectivity index (χ0v) is 11.4. The Morgan fingerprint density at radius 2 is 1.70 bits per heavy atom. The van der Waals surface area contributed by atoms with Gasteiger partial charge in [0.15, 0.2) is 0 Å². The molecule has 0 saturated carbocycles. The molecule has 1 radical (unpaired) electrons. The topological polar surface area (TPSA) is 29.1 Å². The van der Waals surface area contributed by atoms with Gasteiger partial charge in [-0.15, -0.1) is 0 Å². The van der Waals surface area contributed by atoms with E-state index in [0.717, 1.165) is 28.1 Å². The van der Waals surface area contributed by atoms with Gasteiger partial charge in [0.05, 0.1) is 0 Å². The lowest BCUT2D eigenvalue weighted by Crippen LogP contribution is -2.20. The van der Waals surface area contributed by atoms with Crippen molar-refractivity contribution in [3.63, 3.8) is 0 Å². The van der Waals surface area contributed by atoms with Crippen LogP contribution in [0.4, 0.5) is 0 Å². The van der Waals surface area contributed by atoms with Crippen molar-refractivity contribution in [3.8, 4) is 0 Å². The molecule has 0 aromatic heterocycles. The van der Waals surface area contributed by atoms with Crippen molar-refractivity contribution in [3.05, 3.63) is 66.7 Å². The Hall–Kier alpha value is -2.35. The summed E-state index contributed by atoms with van der Waals surface area (Å²) in [4.78, 5) is 12.2. The molecule has 99 valence electrons. The van der Waals surface area contributed by atoms with Crippen LogP contribution in [0.15, 0.2) is 54.6 Å². The Morgan fingerprint density at radius 1 is 1.00 bits per heavy atom. The SMILES string of the molecule is CC[CH]NC(=O)c1cccc2cc3ccccc3cc12. The summed E-state index contributed by atoms with van der Waals surface area (Å²) in [6, 6.07) is 18.3. The summed E-state index contributed by atoms with van der Waals surface area (Å²) in [6.07, 6.45) is 0.819. The molecule has 0 bridgehead atoms. The highest BCUT2D eigenvalue weighted by atomic mass is 16.1. The van der Waals surface area contributed by atoms with Gasteiger partial charge in [-0.25, -0.2) is 0 Å². The minimum atomic E-state index is -0.0484. The molecule has 1 amide bonds. The van der Waals surface area contributed by atoms with E-state index in [9.17, 15) is 4.79 Å². The fraction of sp³-hybridized carbons (Fsp3) is 0.111. The normalized spacial score (nSPS) is 10.8. The lowest BCUT2D eigenvalue weighted by atomic mass is 9.99. The number of rotatable bonds is 3. The van der Waals surface area contributed by atoms with E-state index in [4.69, 9.17) is 0 Å². The highest BCUT2D eigenvalue weighted by molar-refractivity contribution is 6.10. The van der Waals surface area contributed by atoms with Crippen LogP contribution < -0.4 is 5.32 Å². The third kappa shape index (κ3) is 2.25. The molecule has 0 fully saturated rings. The van der Waals surface area contributed by atoms with E-state index in [1.54, 1.807) is 6.54 Å². The second-order valence-corrected chi connectivity index (χ2v) is 4.81. The predicted octanol–water partition coefficient (Wildman–Crippen LogP) is 4.29. The van der Waals surface area contributed by atoms with Crippen LogP contribution in [0.25, 0.3) is 21.5 Å². The van der Waals surface area contributed by atoms with Crippen molar-refractivity contribution in [2.24, 2.45) is 0 Å². The fourth-order valence-corrected chi connectivity index (χ4v) is 2.44. The number of carbonyl (C=O) groups is 1. The van der Waals surface area contributed by atoms with Crippen LogP contribution >= 0.6 is 0 Å². The Bertz CT molecular complexity index is 777. The second-order valence-electron chi connectivity index (χ2n) is 4.81. The second kappa shape index (κ2) is 5.33. The number of hydrogen-bond donors (Lipinski definition) is 1. The number of nitrogens with one attached hydrogen (secondary N) is 1. The lowest BCUT2D eigenvalue weighted by Gasteiger charge is -2.08. The quantitative estimate of drug-likeness (QED) is 0.701. The van der Waals surface area contributed by atoms with Gasteiger partial charge in [0.1, 0.15) is 0 Å². The van der Waals surface area contributed by atoms with Crippen molar-refractivity contribution in [2.45, 2.75) is 13.3 Å². The Morgan fingerprint density at radius 3 is 2.45 bits per heavy atom. The first-order valence-corrected chi connectivity index (χ1v) is 6.83. The number of hydrogen-bond acceptors (Lipinski definition) is 1. The monoisotopic (exact) mass is 262 g/mol. The van der Waals surface area contributed by atoms with Gasteiger partial charge in [0.25, 0.3) is 5.91 Å². The van der Waals surface area contributed by atoms with E-state index in [1.807, 2.05) is 37.3 Å². The van der Waals surface area contributed by atoms with E-state index in [1.165, 1.54) is 5.39 Å². The van der Waals surface area contributed by atoms with E-state index in [-0.39, 0.29) is 5.91 Å². The maximum Gasteiger partial charge on any atom is 0.252 e. The lowest BCUT2D eigenvalue weighted by molar-refractivity contribution is 0.0965. The smallest absolute Gasteiger partial charge is 0.252 e. The molecular formula is C18H16NO. The molecule has 0 aliphatic carbocycles. The molecule has 2 nitrogen and oxygen atoms in total. The molecule has 3 aromatic rings. The summed E-state index contributed by atoms with van der Waals surface area (Å²) in [6.45, 7) is 3.78. The maximum atomic E-state index is 12.2. The third-order valence-corrected chi connectivity index (χ3v) is 3.43. The minimum Gasteiger partial charge on any atom is -0.347 e. The molecular weight excluding hydrogens is 246 g/mol. The van der Waals surface area contributed by atoms with Gasteiger partial charge in [0.2, 0.25) is 0 Å². The van der Waals surface area contributed by atoms with E-state index in [0.29, 0.717) is 0 Å². The first-order valence-electron chi connectivity index (χ1n) is 6.83. The van der Waals surface area contributed by atoms with Crippen LogP contribution in [0.2, 0.25) is 0 Å². The van der Waals surface area contributed by atoms with Crippen molar-refractivity contribution < 1.29 is 4.79 Å². The summed E-state index contributed by atoms with van der Waals surface area (Å²) in [5.74, 6) is -0.0484. The standard InChI is InChI=1S/C18H16NO/c1-2-10-19-18(20)16-9-5-8-15-11-13-6-3-4-7-14(13)12-17(15)16/h3-12H,2H2,1H3,(H,19,20). The van der Waals surface area contributed by atoms with Crippen LogP contribution in [0, 0.1) is 6.54 Å². The van der Waals surface area contributed by atoms with Gasteiger partial charge in [-0.2, -0.15) is 0 Å². The number of carbonyl (C=O) groups excluding carboxylic acids is 1. The largest absolute Gasteiger partial charge is 0.347 e. The number of fused-ring (bicyclic) bond motifs is 2. The van der Waals surface area contributed by atoms with E-state index >= 15 is 0 Å². The molecule has 0 atom stereocenters. The van der Waals surface area contributed by atoms with Crippen molar-refractivity contribution in [1.29, 1.82) is 0 Å². The van der Waals surface area contributed by atoms with E-state index < -0.39 is 0 Å². The highest BCUT2D eigenvalue weighted by Crippen LogP contribution is 2.25. The zero-order chi connectivity index (χ0) is 13.9. The molecule has 0 aliphatic rings. The molecule has 3 rings (SSSR count). The zero-order valence-electron chi connectivity index (χ0n) is 11.4. The van der Waals surface area contributed by atoms with Crippen LogP contribution in [-0.4, -0.2) is 5.91 Å².